The number of H-pyrrole nitrogens is 1. The maximum atomic E-state index is 5.59. The smallest absolute Gasteiger partial charge is 0.0738 e. The number of nitrogens with one attached hydrogen (secondary N) is 1. The number of benzene rings is 1. The Morgan fingerprint density at radius 3 is 2.82 bits per heavy atom. The fourth-order valence-electron chi connectivity index (χ4n) is 1.78. The minimum absolute atomic E-state index is 0.270. The monoisotopic (exact) mass is 233 g/mol. The van der Waals surface area contributed by atoms with Crippen LogP contribution in [0.15, 0.2) is 30.5 Å². The summed E-state index contributed by atoms with van der Waals surface area (Å²) in [5.74, 6) is 0. The molecule has 0 amide bonds. The van der Waals surface area contributed by atoms with Crippen molar-refractivity contribution < 1.29 is 9.47 Å². The summed E-state index contributed by atoms with van der Waals surface area (Å²) < 4.78 is 11.0. The van der Waals surface area contributed by atoms with Crippen molar-refractivity contribution in [1.82, 2.24) is 4.98 Å². The van der Waals surface area contributed by atoms with E-state index in [-0.39, 0.29) is 6.10 Å². The largest absolute Gasteiger partial charge is 0.376 e. The van der Waals surface area contributed by atoms with Crippen LogP contribution < -0.4 is 0 Å². The molecule has 3 nitrogen and oxygen atoms in total. The van der Waals surface area contributed by atoms with Crippen molar-refractivity contribution in [2.75, 3.05) is 13.2 Å². The molecule has 0 aliphatic heterocycles. The lowest BCUT2D eigenvalue weighted by Gasteiger charge is -2.07. The van der Waals surface area contributed by atoms with Crippen molar-refractivity contribution in [3.8, 4) is 0 Å². The van der Waals surface area contributed by atoms with Gasteiger partial charge >= 0.3 is 0 Å². The Morgan fingerprint density at radius 1 is 1.18 bits per heavy atom. The minimum Gasteiger partial charge on any atom is -0.376 e. The molecule has 0 aliphatic rings. The van der Waals surface area contributed by atoms with Gasteiger partial charge in [0, 0.05) is 22.7 Å². The van der Waals surface area contributed by atoms with Gasteiger partial charge in [-0.15, -0.1) is 0 Å². The molecule has 0 saturated heterocycles. The molecular formula is C14H19NO2. The van der Waals surface area contributed by atoms with E-state index in [2.05, 4.69) is 17.1 Å². The van der Waals surface area contributed by atoms with E-state index in [1.54, 1.807) is 0 Å². The van der Waals surface area contributed by atoms with E-state index in [1.165, 1.54) is 10.9 Å². The number of hydrogen-bond acceptors (Lipinski definition) is 2. The number of rotatable bonds is 6. The van der Waals surface area contributed by atoms with Crippen LogP contribution in [0.25, 0.3) is 10.9 Å². The Labute approximate surface area is 102 Å². The standard InChI is InChI=1S/C14H19NO2/c1-11(2)17-8-7-16-10-12-9-15-14-6-4-3-5-13(12)14/h3-6,9,11,15H,7-8,10H2,1-2H3. The lowest BCUT2D eigenvalue weighted by atomic mass is 10.2. The third-order valence-corrected chi connectivity index (χ3v) is 2.61. The number of fused-ring (bicyclic) bond motifs is 1. The molecule has 1 aromatic heterocycles. The van der Waals surface area contributed by atoms with Gasteiger partial charge in [-0.25, -0.2) is 0 Å². The van der Waals surface area contributed by atoms with Gasteiger partial charge in [-0.3, -0.25) is 0 Å². The van der Waals surface area contributed by atoms with Crippen molar-refractivity contribution >= 4 is 10.9 Å². The van der Waals surface area contributed by atoms with Gasteiger partial charge in [-0.05, 0) is 19.9 Å². The first-order valence-electron chi connectivity index (χ1n) is 6.01. The first kappa shape index (κ1) is 12.1. The van der Waals surface area contributed by atoms with Crippen LogP contribution in [0.2, 0.25) is 0 Å². The zero-order valence-corrected chi connectivity index (χ0v) is 10.4. The molecule has 0 fully saturated rings. The molecule has 0 radical (unpaired) electrons. The van der Waals surface area contributed by atoms with Crippen LogP contribution in [0.3, 0.4) is 0 Å². The minimum atomic E-state index is 0.270. The normalized spacial score (nSPS) is 11.5. The molecule has 1 heterocycles. The van der Waals surface area contributed by atoms with Crippen LogP contribution >= 0.6 is 0 Å². The lowest BCUT2D eigenvalue weighted by molar-refractivity contribution is 0.0145. The van der Waals surface area contributed by atoms with E-state index >= 15 is 0 Å². The molecular weight excluding hydrogens is 214 g/mol. The van der Waals surface area contributed by atoms with Gasteiger partial charge < -0.3 is 14.5 Å². The fourth-order valence-corrected chi connectivity index (χ4v) is 1.78. The highest BCUT2D eigenvalue weighted by atomic mass is 16.5. The average Bonchev–Trinajstić information content (AvgIpc) is 2.72. The maximum absolute atomic E-state index is 5.59. The maximum Gasteiger partial charge on any atom is 0.0738 e. The van der Waals surface area contributed by atoms with Crippen molar-refractivity contribution in [2.45, 2.75) is 26.6 Å². The van der Waals surface area contributed by atoms with Crippen LogP contribution in [0.5, 0.6) is 0 Å². The van der Waals surface area contributed by atoms with Gasteiger partial charge in [0.05, 0.1) is 25.9 Å². The molecule has 0 saturated carbocycles. The molecule has 3 heteroatoms. The topological polar surface area (TPSA) is 34.2 Å². The summed E-state index contributed by atoms with van der Waals surface area (Å²) in [6.45, 7) is 5.97. The molecule has 0 aliphatic carbocycles. The van der Waals surface area contributed by atoms with Crippen molar-refractivity contribution in [1.29, 1.82) is 0 Å². The van der Waals surface area contributed by atoms with E-state index in [4.69, 9.17) is 9.47 Å². The molecule has 0 atom stereocenters. The van der Waals surface area contributed by atoms with Crippen LogP contribution in [-0.4, -0.2) is 24.3 Å². The molecule has 1 N–H and O–H groups in total. The van der Waals surface area contributed by atoms with Gasteiger partial charge in [0.15, 0.2) is 0 Å². The predicted molar refractivity (Wildman–Crippen MR) is 69.0 cm³/mol. The van der Waals surface area contributed by atoms with E-state index in [1.807, 2.05) is 32.2 Å². The van der Waals surface area contributed by atoms with Gasteiger partial charge in [-0.1, -0.05) is 18.2 Å². The van der Waals surface area contributed by atoms with Crippen LogP contribution in [-0.2, 0) is 16.1 Å². The summed E-state index contributed by atoms with van der Waals surface area (Å²) in [6, 6.07) is 8.25. The highest BCUT2D eigenvalue weighted by Crippen LogP contribution is 2.18. The number of ether oxygens (including phenoxy) is 2. The highest BCUT2D eigenvalue weighted by Gasteiger charge is 2.02. The summed E-state index contributed by atoms with van der Waals surface area (Å²) in [6.07, 6.45) is 2.28. The van der Waals surface area contributed by atoms with E-state index in [0.29, 0.717) is 19.8 Å². The fraction of sp³-hybridized carbons (Fsp3) is 0.429. The van der Waals surface area contributed by atoms with E-state index < -0.39 is 0 Å². The molecule has 92 valence electrons. The van der Waals surface area contributed by atoms with E-state index in [0.717, 1.165) is 5.52 Å². The second-order valence-corrected chi connectivity index (χ2v) is 4.33. The zero-order chi connectivity index (χ0) is 12.1. The number of hydrogen-bond donors (Lipinski definition) is 1. The Kier molecular flexibility index (Phi) is 4.18. The second-order valence-electron chi connectivity index (χ2n) is 4.33. The zero-order valence-electron chi connectivity index (χ0n) is 10.4. The Balaban J connectivity index is 1.83. The molecule has 1 aromatic carbocycles. The Hall–Kier alpha value is -1.32. The first-order valence-corrected chi connectivity index (χ1v) is 6.01. The SMILES string of the molecule is CC(C)OCCOCc1c[nH]c2ccccc12. The number of aromatic amines is 1. The number of aromatic nitrogens is 1. The van der Waals surface area contributed by atoms with Crippen molar-refractivity contribution in [3.05, 3.63) is 36.0 Å². The summed E-state index contributed by atoms with van der Waals surface area (Å²) in [7, 11) is 0. The summed E-state index contributed by atoms with van der Waals surface area (Å²) in [5.41, 5.74) is 2.36. The van der Waals surface area contributed by atoms with Gasteiger partial charge in [0.2, 0.25) is 0 Å². The molecule has 0 unspecified atom stereocenters. The average molecular weight is 233 g/mol. The van der Waals surface area contributed by atoms with Crippen LogP contribution in [0, 0.1) is 0 Å². The highest BCUT2D eigenvalue weighted by molar-refractivity contribution is 5.82. The Bertz CT molecular complexity index is 462. The van der Waals surface area contributed by atoms with Gasteiger partial charge in [0.25, 0.3) is 0 Å². The number of para-hydroxylation sites is 1. The van der Waals surface area contributed by atoms with Crippen molar-refractivity contribution in [2.24, 2.45) is 0 Å². The third kappa shape index (κ3) is 3.32. The van der Waals surface area contributed by atoms with Crippen LogP contribution in [0.4, 0.5) is 0 Å². The molecule has 0 spiro atoms. The first-order chi connectivity index (χ1) is 8.27. The second kappa shape index (κ2) is 5.84. The summed E-state index contributed by atoms with van der Waals surface area (Å²) in [5, 5.41) is 1.23. The molecule has 0 bridgehead atoms. The van der Waals surface area contributed by atoms with Gasteiger partial charge in [0.1, 0.15) is 0 Å². The van der Waals surface area contributed by atoms with Crippen molar-refractivity contribution in [3.63, 3.8) is 0 Å². The van der Waals surface area contributed by atoms with E-state index in [9.17, 15) is 0 Å². The molecule has 2 rings (SSSR count). The predicted octanol–water partition coefficient (Wildman–Crippen LogP) is 3.11. The Morgan fingerprint density at radius 2 is 2.00 bits per heavy atom. The molecule has 2 aromatic rings. The third-order valence-electron chi connectivity index (χ3n) is 2.61. The van der Waals surface area contributed by atoms with Gasteiger partial charge in [-0.2, -0.15) is 0 Å². The summed E-state index contributed by atoms with van der Waals surface area (Å²) in [4.78, 5) is 3.24. The van der Waals surface area contributed by atoms with Crippen LogP contribution in [0.1, 0.15) is 19.4 Å². The summed E-state index contributed by atoms with van der Waals surface area (Å²) >= 11 is 0. The lowest BCUT2D eigenvalue weighted by Crippen LogP contribution is -2.09. The molecule has 17 heavy (non-hydrogen) atoms. The quantitative estimate of drug-likeness (QED) is 0.778.